The fourth-order valence-electron chi connectivity index (χ4n) is 3.84. The van der Waals surface area contributed by atoms with E-state index in [1.54, 1.807) is 18.1 Å². The van der Waals surface area contributed by atoms with Crippen molar-refractivity contribution in [2.24, 2.45) is 0 Å². The van der Waals surface area contributed by atoms with Gasteiger partial charge in [-0.2, -0.15) is 0 Å². The molecule has 0 bridgehead atoms. The van der Waals surface area contributed by atoms with Gasteiger partial charge >= 0.3 is 6.03 Å². The third kappa shape index (κ3) is 3.41. The van der Waals surface area contributed by atoms with Crippen molar-refractivity contribution in [1.29, 1.82) is 0 Å². The molecule has 1 unspecified atom stereocenters. The smallest absolute Gasteiger partial charge is 0.332 e. The van der Waals surface area contributed by atoms with E-state index >= 15 is 0 Å². The molecule has 5 nitrogen and oxygen atoms in total. The van der Waals surface area contributed by atoms with E-state index in [2.05, 4.69) is 31.9 Å². The topological polar surface area (TPSA) is 53.0 Å². The van der Waals surface area contributed by atoms with E-state index in [-0.39, 0.29) is 6.03 Å². The van der Waals surface area contributed by atoms with Crippen molar-refractivity contribution in [2.45, 2.75) is 18.7 Å². The molecule has 2 atom stereocenters. The van der Waals surface area contributed by atoms with E-state index in [0.717, 1.165) is 8.95 Å². The van der Waals surface area contributed by atoms with E-state index in [1.807, 2.05) is 73.7 Å². The Morgan fingerprint density at radius 2 is 1.50 bits per heavy atom. The minimum Gasteiger partial charge on any atom is -0.497 e. The van der Waals surface area contributed by atoms with Gasteiger partial charge in [0.15, 0.2) is 5.72 Å². The van der Waals surface area contributed by atoms with Gasteiger partial charge in [-0.25, -0.2) is 4.79 Å². The molecule has 1 aliphatic rings. The standard InChI is InChI=1S/C23H20Br2N2O3/c1-15-23(29,16-4-3-5-21(14-16)30-2)27(20-12-8-18(25)9-13-20)22(28)26(15)19-10-6-17(24)7-11-19/h3-15,29H,1-2H3/t15-,23?/m0/s1. The first-order valence-corrected chi connectivity index (χ1v) is 11.0. The monoisotopic (exact) mass is 530 g/mol. The maximum atomic E-state index is 13.7. The summed E-state index contributed by atoms with van der Waals surface area (Å²) in [4.78, 5) is 16.7. The van der Waals surface area contributed by atoms with Crippen LogP contribution in [0.2, 0.25) is 0 Å². The molecule has 1 heterocycles. The van der Waals surface area contributed by atoms with Gasteiger partial charge < -0.3 is 9.84 Å². The van der Waals surface area contributed by atoms with Crippen molar-refractivity contribution < 1.29 is 14.6 Å². The molecular weight excluding hydrogens is 512 g/mol. The SMILES string of the molecule is COc1cccc(C2(O)[C@H](C)N(c3ccc(Br)cc3)C(=O)N2c2ccc(Br)cc2)c1. The highest BCUT2D eigenvalue weighted by Gasteiger charge is 2.56. The summed E-state index contributed by atoms with van der Waals surface area (Å²) in [7, 11) is 1.58. The third-order valence-electron chi connectivity index (χ3n) is 5.39. The number of nitrogens with zero attached hydrogens (tertiary/aromatic N) is 2. The Bertz CT molecular complexity index is 1070. The first-order chi connectivity index (χ1) is 14.4. The van der Waals surface area contributed by atoms with Crippen molar-refractivity contribution in [2.75, 3.05) is 16.9 Å². The molecule has 3 aromatic rings. The predicted octanol–water partition coefficient (Wildman–Crippen LogP) is 5.90. The fourth-order valence-corrected chi connectivity index (χ4v) is 4.37. The number of rotatable bonds is 4. The molecule has 0 aromatic heterocycles. The number of benzene rings is 3. The van der Waals surface area contributed by atoms with E-state index in [1.165, 1.54) is 4.90 Å². The lowest BCUT2D eigenvalue weighted by atomic mass is 9.94. The van der Waals surface area contributed by atoms with Gasteiger partial charge in [-0.1, -0.05) is 44.0 Å². The summed E-state index contributed by atoms with van der Waals surface area (Å²) >= 11 is 6.86. The predicted molar refractivity (Wildman–Crippen MR) is 125 cm³/mol. The van der Waals surface area contributed by atoms with Crippen LogP contribution < -0.4 is 14.5 Å². The molecular formula is C23H20Br2N2O3. The molecule has 1 N–H and O–H groups in total. The summed E-state index contributed by atoms with van der Waals surface area (Å²) in [5.74, 6) is 0.610. The highest BCUT2D eigenvalue weighted by Crippen LogP contribution is 2.45. The number of hydrogen-bond donors (Lipinski definition) is 1. The summed E-state index contributed by atoms with van der Waals surface area (Å²) in [6, 6.07) is 21.1. The van der Waals surface area contributed by atoms with E-state index < -0.39 is 11.8 Å². The molecule has 30 heavy (non-hydrogen) atoms. The van der Waals surface area contributed by atoms with E-state index in [9.17, 15) is 9.90 Å². The van der Waals surface area contributed by atoms with Crippen LogP contribution in [0.4, 0.5) is 16.2 Å². The lowest BCUT2D eigenvalue weighted by molar-refractivity contribution is 0.0370. The molecule has 7 heteroatoms. The summed E-state index contributed by atoms with van der Waals surface area (Å²) in [6.45, 7) is 1.85. The Kier molecular flexibility index (Phi) is 5.61. The van der Waals surface area contributed by atoms with Gasteiger partial charge in [0.25, 0.3) is 0 Å². The number of anilines is 2. The number of aliphatic hydroxyl groups is 1. The average molecular weight is 532 g/mol. The zero-order valence-corrected chi connectivity index (χ0v) is 19.6. The molecule has 0 saturated carbocycles. The van der Waals surface area contributed by atoms with Crippen LogP contribution in [0.3, 0.4) is 0 Å². The molecule has 4 rings (SSSR count). The van der Waals surface area contributed by atoms with Crippen molar-refractivity contribution in [3.63, 3.8) is 0 Å². The third-order valence-corrected chi connectivity index (χ3v) is 6.45. The summed E-state index contributed by atoms with van der Waals surface area (Å²) in [6.07, 6.45) is 0. The quantitative estimate of drug-likeness (QED) is 0.456. The zero-order valence-electron chi connectivity index (χ0n) is 16.4. The van der Waals surface area contributed by atoms with Crippen LogP contribution in [0.5, 0.6) is 5.75 Å². The van der Waals surface area contributed by atoms with Gasteiger partial charge in [0.1, 0.15) is 5.75 Å². The Morgan fingerprint density at radius 3 is 2.07 bits per heavy atom. The maximum Gasteiger partial charge on any atom is 0.332 e. The van der Waals surface area contributed by atoms with Crippen molar-refractivity contribution in [1.82, 2.24) is 0 Å². The molecule has 0 spiro atoms. The number of amides is 2. The Labute approximate surface area is 192 Å². The van der Waals surface area contributed by atoms with Crippen LogP contribution in [-0.4, -0.2) is 24.3 Å². The number of halogens is 2. The molecule has 2 amide bonds. The van der Waals surface area contributed by atoms with Crippen LogP contribution in [-0.2, 0) is 5.72 Å². The lowest BCUT2D eigenvalue weighted by Gasteiger charge is -2.35. The maximum absolute atomic E-state index is 13.7. The van der Waals surface area contributed by atoms with Crippen LogP contribution in [0.25, 0.3) is 0 Å². The summed E-state index contributed by atoms with van der Waals surface area (Å²) in [5, 5.41) is 12.1. The molecule has 1 aliphatic heterocycles. The van der Waals surface area contributed by atoms with E-state index in [0.29, 0.717) is 22.7 Å². The molecule has 154 valence electrons. The second-order valence-corrected chi connectivity index (χ2v) is 8.91. The van der Waals surface area contributed by atoms with Gasteiger partial charge in [0.2, 0.25) is 0 Å². The molecule has 3 aromatic carbocycles. The highest BCUT2D eigenvalue weighted by atomic mass is 79.9. The van der Waals surface area contributed by atoms with Crippen LogP contribution >= 0.6 is 31.9 Å². The van der Waals surface area contributed by atoms with Crippen LogP contribution in [0, 0.1) is 0 Å². The first-order valence-electron chi connectivity index (χ1n) is 9.37. The normalized spacial score (nSPS) is 21.2. The first kappa shape index (κ1) is 20.9. The van der Waals surface area contributed by atoms with Crippen molar-refractivity contribution in [3.05, 3.63) is 87.3 Å². The molecule has 1 saturated heterocycles. The number of urea groups is 1. The van der Waals surface area contributed by atoms with Gasteiger partial charge in [-0.15, -0.1) is 0 Å². The van der Waals surface area contributed by atoms with Gasteiger partial charge in [0, 0.05) is 25.9 Å². The number of methoxy groups -OCH3 is 1. The lowest BCUT2D eigenvalue weighted by Crippen LogP contribution is -2.48. The number of carbonyl (C=O) groups excluding carboxylic acids is 1. The van der Waals surface area contributed by atoms with E-state index in [4.69, 9.17) is 4.74 Å². The second-order valence-electron chi connectivity index (χ2n) is 7.07. The Balaban J connectivity index is 1.90. The fraction of sp³-hybridized carbons (Fsp3) is 0.174. The number of hydrogen-bond acceptors (Lipinski definition) is 3. The second kappa shape index (κ2) is 8.06. The van der Waals surface area contributed by atoms with Crippen molar-refractivity contribution >= 4 is 49.3 Å². The van der Waals surface area contributed by atoms with Gasteiger partial charge in [0.05, 0.1) is 13.2 Å². The molecule has 1 fully saturated rings. The minimum absolute atomic E-state index is 0.308. The molecule has 0 aliphatic carbocycles. The largest absolute Gasteiger partial charge is 0.497 e. The highest BCUT2D eigenvalue weighted by molar-refractivity contribution is 9.10. The summed E-state index contributed by atoms with van der Waals surface area (Å²) in [5.41, 5.74) is 0.272. The van der Waals surface area contributed by atoms with Crippen LogP contribution in [0.15, 0.2) is 81.7 Å². The average Bonchev–Trinajstić information content (AvgIpc) is 2.96. The van der Waals surface area contributed by atoms with Gasteiger partial charge in [-0.3, -0.25) is 9.80 Å². The van der Waals surface area contributed by atoms with Crippen LogP contribution in [0.1, 0.15) is 12.5 Å². The van der Waals surface area contributed by atoms with Gasteiger partial charge in [-0.05, 0) is 67.6 Å². The molecule has 0 radical (unpaired) electrons. The zero-order chi connectivity index (χ0) is 21.5. The van der Waals surface area contributed by atoms with Crippen molar-refractivity contribution in [3.8, 4) is 5.75 Å². The number of ether oxygens (including phenoxy) is 1. The Hall–Kier alpha value is -2.35. The Morgan fingerprint density at radius 1 is 0.933 bits per heavy atom. The summed E-state index contributed by atoms with van der Waals surface area (Å²) < 4.78 is 7.17. The minimum atomic E-state index is -1.60. The number of carbonyl (C=O) groups is 1.